The van der Waals surface area contributed by atoms with E-state index in [9.17, 15) is 4.79 Å². The highest BCUT2D eigenvalue weighted by molar-refractivity contribution is 9.11. The van der Waals surface area contributed by atoms with E-state index in [1.165, 1.54) is 12.8 Å². The maximum absolute atomic E-state index is 13.7. The molecule has 0 amide bonds. The summed E-state index contributed by atoms with van der Waals surface area (Å²) in [5.74, 6) is 0.759. The summed E-state index contributed by atoms with van der Waals surface area (Å²) in [6, 6.07) is 11.4. The van der Waals surface area contributed by atoms with Crippen LogP contribution in [0.25, 0.3) is 0 Å². The van der Waals surface area contributed by atoms with Crippen LogP contribution in [0.1, 0.15) is 23.2 Å². The molecule has 0 aliphatic carbocycles. The van der Waals surface area contributed by atoms with Crippen LogP contribution in [0.2, 0.25) is 5.02 Å². The van der Waals surface area contributed by atoms with E-state index >= 15 is 0 Å². The molecular formula is C20H19Br2Cl2NO2S. The third-order valence-corrected chi connectivity index (χ3v) is 7.55. The molecule has 2 heterocycles. The summed E-state index contributed by atoms with van der Waals surface area (Å²) in [5, 5.41) is 0.692. The number of nitrogens with zero attached hydrogens (tertiary/aromatic N) is 1. The zero-order chi connectivity index (χ0) is 19.0. The molecule has 2 aliphatic heterocycles. The molecule has 2 aromatic carbocycles. The Kier molecular flexibility index (Phi) is 7.43. The first kappa shape index (κ1) is 22.4. The van der Waals surface area contributed by atoms with Crippen molar-refractivity contribution in [2.24, 2.45) is 0 Å². The van der Waals surface area contributed by atoms with Crippen LogP contribution in [0.15, 0.2) is 50.2 Å². The molecule has 1 fully saturated rings. The van der Waals surface area contributed by atoms with Gasteiger partial charge in [-0.15, -0.1) is 24.2 Å². The van der Waals surface area contributed by atoms with E-state index in [-0.39, 0.29) is 18.2 Å². The van der Waals surface area contributed by atoms with E-state index in [4.69, 9.17) is 16.3 Å². The van der Waals surface area contributed by atoms with Gasteiger partial charge in [-0.05, 0) is 78.3 Å². The number of ketones is 1. The normalized spacial score (nSPS) is 21.8. The SMILES string of the molecule is Cl.O=C1c2cc(Br)cc(Br)c2OCC1(CN1CCCC1)Sc1ccc(Cl)cc1. The number of Topliss-reactive ketones (excluding diaryl/α,β-unsaturated/α-hetero) is 1. The van der Waals surface area contributed by atoms with Crippen molar-refractivity contribution in [2.45, 2.75) is 22.5 Å². The summed E-state index contributed by atoms with van der Waals surface area (Å²) < 4.78 is 7.12. The molecule has 4 rings (SSSR count). The molecule has 2 aliphatic rings. The van der Waals surface area contributed by atoms with Gasteiger partial charge in [0.05, 0.1) is 10.0 Å². The van der Waals surface area contributed by atoms with Gasteiger partial charge in [-0.25, -0.2) is 0 Å². The number of rotatable bonds is 4. The van der Waals surface area contributed by atoms with Crippen LogP contribution in [0.4, 0.5) is 0 Å². The summed E-state index contributed by atoms with van der Waals surface area (Å²) in [6.45, 7) is 3.10. The molecule has 0 N–H and O–H groups in total. The Morgan fingerprint density at radius 1 is 1.14 bits per heavy atom. The van der Waals surface area contributed by atoms with Crippen molar-refractivity contribution in [1.29, 1.82) is 0 Å². The predicted octanol–water partition coefficient (Wildman–Crippen LogP) is 6.49. The Morgan fingerprint density at radius 3 is 2.50 bits per heavy atom. The zero-order valence-corrected chi connectivity index (χ0v) is 20.5. The lowest BCUT2D eigenvalue weighted by Crippen LogP contribution is -2.52. The number of hydrogen-bond acceptors (Lipinski definition) is 4. The van der Waals surface area contributed by atoms with Crippen molar-refractivity contribution in [3.63, 3.8) is 0 Å². The van der Waals surface area contributed by atoms with E-state index in [1.807, 2.05) is 36.4 Å². The molecule has 3 nitrogen and oxygen atoms in total. The van der Waals surface area contributed by atoms with E-state index in [0.29, 0.717) is 29.5 Å². The van der Waals surface area contributed by atoms with Gasteiger partial charge in [0.25, 0.3) is 0 Å². The number of hydrogen-bond donors (Lipinski definition) is 0. The average Bonchev–Trinajstić information content (AvgIpc) is 3.13. The summed E-state index contributed by atoms with van der Waals surface area (Å²) in [5.41, 5.74) is 0.628. The van der Waals surface area contributed by atoms with Gasteiger partial charge in [0.2, 0.25) is 0 Å². The fraction of sp³-hybridized carbons (Fsp3) is 0.350. The highest BCUT2D eigenvalue weighted by atomic mass is 79.9. The average molecular weight is 568 g/mol. The minimum Gasteiger partial charge on any atom is -0.490 e. The summed E-state index contributed by atoms with van der Waals surface area (Å²) >= 11 is 14.6. The predicted molar refractivity (Wildman–Crippen MR) is 125 cm³/mol. The lowest BCUT2D eigenvalue weighted by atomic mass is 9.93. The maximum Gasteiger partial charge on any atom is 0.187 e. The summed E-state index contributed by atoms with van der Waals surface area (Å²) in [4.78, 5) is 17.1. The van der Waals surface area contributed by atoms with Crippen molar-refractivity contribution >= 4 is 73.4 Å². The topological polar surface area (TPSA) is 29.5 Å². The molecule has 0 spiro atoms. The van der Waals surface area contributed by atoms with Crippen LogP contribution in [0.3, 0.4) is 0 Å². The van der Waals surface area contributed by atoms with Crippen LogP contribution >= 0.6 is 67.6 Å². The second kappa shape index (κ2) is 9.27. The molecule has 1 saturated heterocycles. The summed E-state index contributed by atoms with van der Waals surface area (Å²) in [7, 11) is 0. The van der Waals surface area contributed by atoms with Gasteiger partial charge in [0, 0.05) is 20.9 Å². The van der Waals surface area contributed by atoms with Gasteiger partial charge in [-0.2, -0.15) is 0 Å². The number of carbonyl (C=O) groups is 1. The molecular weight excluding hydrogens is 549 g/mol. The number of carbonyl (C=O) groups excluding carboxylic acids is 1. The van der Waals surface area contributed by atoms with E-state index < -0.39 is 4.75 Å². The molecule has 1 atom stereocenters. The Labute approximate surface area is 197 Å². The third kappa shape index (κ3) is 4.57. The minimum atomic E-state index is -0.675. The van der Waals surface area contributed by atoms with E-state index in [0.717, 1.165) is 26.9 Å². The van der Waals surface area contributed by atoms with Gasteiger partial charge in [0.15, 0.2) is 5.78 Å². The Morgan fingerprint density at radius 2 is 1.82 bits per heavy atom. The maximum atomic E-state index is 13.7. The molecule has 150 valence electrons. The van der Waals surface area contributed by atoms with E-state index in [2.05, 4.69) is 36.8 Å². The number of halogens is 4. The Hall–Kier alpha value is -0.240. The molecule has 8 heteroatoms. The summed E-state index contributed by atoms with van der Waals surface area (Å²) in [6.07, 6.45) is 2.37. The van der Waals surface area contributed by atoms with Gasteiger partial charge in [-0.3, -0.25) is 4.79 Å². The van der Waals surface area contributed by atoms with Crippen LogP contribution in [-0.4, -0.2) is 41.7 Å². The van der Waals surface area contributed by atoms with Crippen molar-refractivity contribution < 1.29 is 9.53 Å². The standard InChI is InChI=1S/C20H18Br2ClNO2S.ClH/c21-13-9-16-18(17(22)10-13)26-12-20(19(16)25,11-24-7-1-2-8-24)27-15-5-3-14(23)4-6-15;/h3-6,9-10H,1-2,7-8,11-12H2;1H. The fourth-order valence-corrected chi connectivity index (χ4v) is 6.39. The number of benzene rings is 2. The lowest BCUT2D eigenvalue weighted by Gasteiger charge is -2.38. The van der Waals surface area contributed by atoms with Crippen molar-refractivity contribution in [3.05, 3.63) is 55.9 Å². The monoisotopic (exact) mass is 565 g/mol. The lowest BCUT2D eigenvalue weighted by molar-refractivity contribution is 0.0831. The molecule has 0 aromatic heterocycles. The smallest absolute Gasteiger partial charge is 0.187 e. The highest BCUT2D eigenvalue weighted by Crippen LogP contribution is 2.45. The van der Waals surface area contributed by atoms with Crippen molar-refractivity contribution in [3.8, 4) is 5.75 Å². The van der Waals surface area contributed by atoms with Gasteiger partial charge >= 0.3 is 0 Å². The second-order valence-corrected chi connectivity index (χ2v) is 10.6. The first-order valence-corrected chi connectivity index (χ1v) is 11.6. The molecule has 1 unspecified atom stereocenters. The van der Waals surface area contributed by atoms with Gasteiger partial charge in [-0.1, -0.05) is 27.5 Å². The number of likely N-dealkylation sites (tertiary alicyclic amines) is 1. The van der Waals surface area contributed by atoms with Crippen LogP contribution in [0, 0.1) is 0 Å². The van der Waals surface area contributed by atoms with Crippen LogP contribution in [-0.2, 0) is 0 Å². The first-order chi connectivity index (χ1) is 13.0. The Bertz CT molecular complexity index is 875. The third-order valence-electron chi connectivity index (χ3n) is 4.92. The number of thioether (sulfide) groups is 1. The molecule has 0 saturated carbocycles. The van der Waals surface area contributed by atoms with Crippen molar-refractivity contribution in [2.75, 3.05) is 26.2 Å². The zero-order valence-electron chi connectivity index (χ0n) is 14.9. The second-order valence-electron chi connectivity index (χ2n) is 6.92. The Balaban J connectivity index is 0.00000225. The molecule has 0 bridgehead atoms. The number of ether oxygens (including phenoxy) is 1. The fourth-order valence-electron chi connectivity index (χ4n) is 3.63. The van der Waals surface area contributed by atoms with Crippen molar-refractivity contribution in [1.82, 2.24) is 4.90 Å². The molecule has 28 heavy (non-hydrogen) atoms. The minimum absolute atomic E-state index is 0. The van der Waals surface area contributed by atoms with E-state index in [1.54, 1.807) is 11.8 Å². The van der Waals surface area contributed by atoms with Gasteiger partial charge in [0.1, 0.15) is 17.1 Å². The molecule has 0 radical (unpaired) electrons. The van der Waals surface area contributed by atoms with Crippen LogP contribution in [0.5, 0.6) is 5.75 Å². The largest absolute Gasteiger partial charge is 0.490 e. The highest BCUT2D eigenvalue weighted by Gasteiger charge is 2.47. The number of fused-ring (bicyclic) bond motifs is 1. The van der Waals surface area contributed by atoms with Gasteiger partial charge < -0.3 is 9.64 Å². The molecule has 2 aromatic rings. The quantitative estimate of drug-likeness (QED) is 0.422. The first-order valence-electron chi connectivity index (χ1n) is 8.80. The van der Waals surface area contributed by atoms with Crippen LogP contribution < -0.4 is 4.74 Å².